The zero-order valence-corrected chi connectivity index (χ0v) is 16.4. The molecule has 0 N–H and O–H groups in total. The molecule has 1 aromatic carbocycles. The molecule has 0 aliphatic carbocycles. The van der Waals surface area contributed by atoms with Gasteiger partial charge < -0.3 is 9.80 Å². The van der Waals surface area contributed by atoms with Gasteiger partial charge in [-0.05, 0) is 13.0 Å². The second kappa shape index (κ2) is 7.48. The lowest BCUT2D eigenvalue weighted by atomic mass is 10.1. The second-order valence-electron chi connectivity index (χ2n) is 7.70. The summed E-state index contributed by atoms with van der Waals surface area (Å²) in [5, 5.41) is 4.44. The SMILES string of the molecule is CCN1CCN(C2CCN(c3cc(-c4ccccc4)nc4ncnn34)C2)CC1. The Hall–Kier alpha value is -2.51. The Bertz CT molecular complexity index is 930. The molecule has 5 rings (SSSR count). The van der Waals surface area contributed by atoms with Crippen LogP contribution in [0.1, 0.15) is 13.3 Å². The van der Waals surface area contributed by atoms with Crippen LogP contribution in [0.2, 0.25) is 0 Å². The average molecular weight is 377 g/mol. The molecular weight excluding hydrogens is 350 g/mol. The van der Waals surface area contributed by atoms with Crippen LogP contribution in [-0.2, 0) is 0 Å². The molecule has 0 spiro atoms. The summed E-state index contributed by atoms with van der Waals surface area (Å²) in [7, 11) is 0. The Balaban J connectivity index is 1.40. The number of anilines is 1. The third-order valence-electron chi connectivity index (χ3n) is 6.16. The van der Waals surface area contributed by atoms with Crippen LogP contribution in [0.4, 0.5) is 5.82 Å². The summed E-state index contributed by atoms with van der Waals surface area (Å²) in [6.45, 7) is 10.2. The monoisotopic (exact) mass is 377 g/mol. The Morgan fingerprint density at radius 2 is 1.86 bits per heavy atom. The number of rotatable bonds is 4. The molecular formula is C21H27N7. The quantitative estimate of drug-likeness (QED) is 0.693. The van der Waals surface area contributed by atoms with Crippen molar-refractivity contribution in [3.63, 3.8) is 0 Å². The summed E-state index contributed by atoms with van der Waals surface area (Å²) in [6.07, 6.45) is 2.80. The van der Waals surface area contributed by atoms with E-state index in [9.17, 15) is 0 Å². The largest absolute Gasteiger partial charge is 0.355 e. The van der Waals surface area contributed by atoms with Crippen LogP contribution in [0.3, 0.4) is 0 Å². The van der Waals surface area contributed by atoms with Crippen molar-refractivity contribution in [3.8, 4) is 11.3 Å². The summed E-state index contributed by atoms with van der Waals surface area (Å²) in [4.78, 5) is 16.7. The first-order valence-electron chi connectivity index (χ1n) is 10.3. The summed E-state index contributed by atoms with van der Waals surface area (Å²) >= 11 is 0. The van der Waals surface area contributed by atoms with Gasteiger partial charge in [0.1, 0.15) is 12.1 Å². The van der Waals surface area contributed by atoms with Crippen LogP contribution < -0.4 is 4.90 Å². The highest BCUT2D eigenvalue weighted by Crippen LogP contribution is 2.27. The van der Waals surface area contributed by atoms with Gasteiger partial charge in [0.25, 0.3) is 5.78 Å². The van der Waals surface area contributed by atoms with Crippen molar-refractivity contribution in [2.24, 2.45) is 0 Å². The van der Waals surface area contributed by atoms with E-state index in [0.29, 0.717) is 11.8 Å². The molecule has 2 aliphatic heterocycles. The highest BCUT2D eigenvalue weighted by molar-refractivity contribution is 5.65. The maximum absolute atomic E-state index is 4.71. The maximum Gasteiger partial charge on any atom is 0.254 e. The van der Waals surface area contributed by atoms with Crippen molar-refractivity contribution in [1.82, 2.24) is 29.4 Å². The first-order chi connectivity index (χ1) is 13.8. The number of hydrogen-bond acceptors (Lipinski definition) is 6. The first-order valence-corrected chi connectivity index (χ1v) is 10.3. The number of aromatic nitrogens is 4. The smallest absolute Gasteiger partial charge is 0.254 e. The van der Waals surface area contributed by atoms with E-state index in [2.05, 4.69) is 49.9 Å². The van der Waals surface area contributed by atoms with Crippen molar-refractivity contribution in [1.29, 1.82) is 0 Å². The van der Waals surface area contributed by atoms with Gasteiger partial charge in [0, 0.05) is 56.9 Å². The normalized spacial score (nSPS) is 21.6. The standard InChI is InChI=1S/C21H27N7/c1-2-25-10-12-26(13-11-25)18-8-9-27(15-18)20-14-19(17-6-4-3-5-7-17)24-21-22-16-23-28(20)21/h3-7,14,16,18H,2,8-13,15H2,1H3. The van der Waals surface area contributed by atoms with Gasteiger partial charge in [0.2, 0.25) is 0 Å². The molecule has 2 aromatic heterocycles. The van der Waals surface area contributed by atoms with Gasteiger partial charge in [0.05, 0.1) is 5.69 Å². The number of benzene rings is 1. The molecule has 28 heavy (non-hydrogen) atoms. The minimum Gasteiger partial charge on any atom is -0.355 e. The third kappa shape index (κ3) is 3.25. The number of likely N-dealkylation sites (N-methyl/N-ethyl adjacent to an activating group) is 1. The molecule has 0 radical (unpaired) electrons. The highest BCUT2D eigenvalue weighted by atomic mass is 15.4. The molecule has 1 atom stereocenters. The van der Waals surface area contributed by atoms with E-state index in [1.807, 2.05) is 22.7 Å². The minimum absolute atomic E-state index is 0.617. The fourth-order valence-corrected chi connectivity index (χ4v) is 4.47. The predicted molar refractivity (Wildman–Crippen MR) is 111 cm³/mol. The number of nitrogens with zero attached hydrogens (tertiary/aromatic N) is 7. The Labute approximate surface area is 165 Å². The second-order valence-corrected chi connectivity index (χ2v) is 7.70. The molecule has 0 amide bonds. The van der Waals surface area contributed by atoms with E-state index in [1.54, 1.807) is 6.33 Å². The highest BCUT2D eigenvalue weighted by Gasteiger charge is 2.31. The van der Waals surface area contributed by atoms with E-state index < -0.39 is 0 Å². The molecule has 7 heteroatoms. The van der Waals surface area contributed by atoms with Crippen LogP contribution >= 0.6 is 0 Å². The molecule has 4 heterocycles. The topological polar surface area (TPSA) is 52.8 Å². The van der Waals surface area contributed by atoms with Crippen LogP contribution in [0.5, 0.6) is 0 Å². The molecule has 2 saturated heterocycles. The first kappa shape index (κ1) is 17.6. The van der Waals surface area contributed by atoms with E-state index in [-0.39, 0.29) is 0 Å². The lowest BCUT2D eigenvalue weighted by Gasteiger charge is -2.37. The van der Waals surface area contributed by atoms with E-state index in [1.165, 1.54) is 32.6 Å². The molecule has 0 saturated carbocycles. The molecule has 146 valence electrons. The van der Waals surface area contributed by atoms with Crippen molar-refractivity contribution in [3.05, 3.63) is 42.7 Å². The fraction of sp³-hybridized carbons (Fsp3) is 0.476. The van der Waals surface area contributed by atoms with Crippen molar-refractivity contribution >= 4 is 11.6 Å². The van der Waals surface area contributed by atoms with Crippen molar-refractivity contribution in [2.75, 3.05) is 50.7 Å². The Morgan fingerprint density at radius 1 is 1.04 bits per heavy atom. The zero-order valence-electron chi connectivity index (χ0n) is 16.4. The third-order valence-corrected chi connectivity index (χ3v) is 6.16. The molecule has 1 unspecified atom stereocenters. The van der Waals surface area contributed by atoms with Crippen molar-refractivity contribution in [2.45, 2.75) is 19.4 Å². The average Bonchev–Trinajstić information content (AvgIpc) is 3.43. The molecule has 2 fully saturated rings. The summed E-state index contributed by atoms with van der Waals surface area (Å²) < 4.78 is 1.88. The van der Waals surface area contributed by atoms with Gasteiger partial charge >= 0.3 is 0 Å². The molecule has 3 aromatic rings. The van der Waals surface area contributed by atoms with E-state index >= 15 is 0 Å². The summed E-state index contributed by atoms with van der Waals surface area (Å²) in [6, 6.07) is 13.1. The van der Waals surface area contributed by atoms with Gasteiger partial charge in [-0.3, -0.25) is 4.90 Å². The van der Waals surface area contributed by atoms with Gasteiger partial charge in [-0.25, -0.2) is 4.98 Å². The van der Waals surface area contributed by atoms with Crippen LogP contribution in [0.25, 0.3) is 17.0 Å². The maximum atomic E-state index is 4.71. The Kier molecular flexibility index (Phi) is 4.70. The number of hydrogen-bond donors (Lipinski definition) is 0. The molecule has 2 aliphatic rings. The molecule has 7 nitrogen and oxygen atoms in total. The summed E-state index contributed by atoms with van der Waals surface area (Å²) in [5.74, 6) is 1.76. The van der Waals surface area contributed by atoms with Crippen LogP contribution in [0, 0.1) is 0 Å². The van der Waals surface area contributed by atoms with E-state index in [4.69, 9.17) is 4.98 Å². The van der Waals surface area contributed by atoms with E-state index in [0.717, 1.165) is 36.7 Å². The predicted octanol–water partition coefficient (Wildman–Crippen LogP) is 2.01. The van der Waals surface area contributed by atoms with Crippen LogP contribution in [-0.4, -0.2) is 81.2 Å². The number of fused-ring (bicyclic) bond motifs is 1. The summed E-state index contributed by atoms with van der Waals surface area (Å²) in [5.41, 5.74) is 2.07. The molecule has 0 bridgehead atoms. The lowest BCUT2D eigenvalue weighted by Crippen LogP contribution is -2.50. The minimum atomic E-state index is 0.617. The number of piperazine rings is 1. The van der Waals surface area contributed by atoms with Gasteiger partial charge in [0.15, 0.2) is 0 Å². The van der Waals surface area contributed by atoms with Gasteiger partial charge in [-0.2, -0.15) is 14.6 Å². The van der Waals surface area contributed by atoms with Crippen LogP contribution in [0.15, 0.2) is 42.7 Å². The van der Waals surface area contributed by atoms with Gasteiger partial charge in [-0.15, -0.1) is 0 Å². The van der Waals surface area contributed by atoms with Crippen molar-refractivity contribution < 1.29 is 0 Å². The zero-order chi connectivity index (χ0) is 18.9. The van der Waals surface area contributed by atoms with Gasteiger partial charge in [-0.1, -0.05) is 37.3 Å². The fourth-order valence-electron chi connectivity index (χ4n) is 4.47. The lowest BCUT2D eigenvalue weighted by molar-refractivity contribution is 0.107. The Morgan fingerprint density at radius 3 is 2.64 bits per heavy atom.